The Labute approximate surface area is 129 Å². The molecule has 0 saturated carbocycles. The van der Waals surface area contributed by atoms with Gasteiger partial charge in [0.1, 0.15) is 11.4 Å². The first kappa shape index (κ1) is 15.8. The van der Waals surface area contributed by atoms with E-state index in [4.69, 9.17) is 5.26 Å². The van der Waals surface area contributed by atoms with Crippen molar-refractivity contribution in [1.82, 2.24) is 0 Å². The quantitative estimate of drug-likeness (QED) is 0.846. The Bertz CT molecular complexity index is 816. The molecule has 0 amide bonds. The van der Waals surface area contributed by atoms with Crippen LogP contribution in [0.15, 0.2) is 27.8 Å². The Morgan fingerprint density at radius 2 is 1.73 bits per heavy atom. The van der Waals surface area contributed by atoms with Gasteiger partial charge in [-0.2, -0.15) is 5.26 Å². The van der Waals surface area contributed by atoms with Crippen LogP contribution in [0, 0.1) is 18.3 Å². The fraction of sp³-hybridized carbons (Fsp3) is 0.353. The number of nitrogens with one attached hydrogen (secondary N) is 2. The molecule has 2 rings (SSSR count). The summed E-state index contributed by atoms with van der Waals surface area (Å²) in [7, 11) is 0. The van der Waals surface area contributed by atoms with Crippen molar-refractivity contribution in [3.05, 3.63) is 55.3 Å². The molecule has 0 saturated heterocycles. The summed E-state index contributed by atoms with van der Waals surface area (Å²) in [5.41, 5.74) is 1.83. The maximum Gasteiger partial charge on any atom is 0.253 e. The molecule has 5 nitrogen and oxygen atoms in total. The lowest BCUT2D eigenvalue weighted by molar-refractivity contribution is 0.632. The molecule has 0 aliphatic rings. The SMILES string of the molecule is Cc1cc(C#N)cc(CNc2c(NC(C)(C)C)c(=O)c2=O)c1. The maximum atomic E-state index is 11.7. The van der Waals surface area contributed by atoms with E-state index < -0.39 is 10.9 Å². The van der Waals surface area contributed by atoms with Gasteiger partial charge >= 0.3 is 0 Å². The zero-order valence-electron chi connectivity index (χ0n) is 13.2. The number of anilines is 2. The van der Waals surface area contributed by atoms with E-state index in [-0.39, 0.29) is 5.54 Å². The van der Waals surface area contributed by atoms with Gasteiger partial charge in [-0.3, -0.25) is 9.59 Å². The molecule has 2 N–H and O–H groups in total. The van der Waals surface area contributed by atoms with Crippen LogP contribution in [0.25, 0.3) is 0 Å². The van der Waals surface area contributed by atoms with Gasteiger partial charge in [0.15, 0.2) is 0 Å². The smallest absolute Gasteiger partial charge is 0.253 e. The second kappa shape index (κ2) is 5.64. The summed E-state index contributed by atoms with van der Waals surface area (Å²) in [5, 5.41) is 15.0. The maximum absolute atomic E-state index is 11.7. The standard InChI is InChI=1S/C17H19N3O2/c1-10-5-11(8-18)7-12(6-10)9-19-13-14(16(22)15(13)21)20-17(2,3)4/h5-7,19-20H,9H2,1-4H3. The van der Waals surface area contributed by atoms with Gasteiger partial charge in [-0.15, -0.1) is 0 Å². The van der Waals surface area contributed by atoms with Crippen LogP contribution in [0.2, 0.25) is 0 Å². The van der Waals surface area contributed by atoms with Crippen LogP contribution in [0.3, 0.4) is 0 Å². The van der Waals surface area contributed by atoms with Gasteiger partial charge in [0.2, 0.25) is 0 Å². The van der Waals surface area contributed by atoms with Crippen molar-refractivity contribution in [2.24, 2.45) is 0 Å². The summed E-state index contributed by atoms with van der Waals surface area (Å²) in [6.45, 7) is 8.07. The number of nitriles is 1. The van der Waals surface area contributed by atoms with Gasteiger partial charge in [0.05, 0.1) is 11.6 Å². The van der Waals surface area contributed by atoms with E-state index in [1.54, 1.807) is 12.1 Å². The second-order valence-electron chi connectivity index (χ2n) is 6.46. The predicted octanol–water partition coefficient (Wildman–Crippen LogP) is 2.29. The van der Waals surface area contributed by atoms with E-state index in [9.17, 15) is 9.59 Å². The van der Waals surface area contributed by atoms with Crippen LogP contribution in [-0.4, -0.2) is 5.54 Å². The molecular formula is C17H19N3O2. The van der Waals surface area contributed by atoms with Gasteiger partial charge in [0.25, 0.3) is 10.9 Å². The van der Waals surface area contributed by atoms with Crippen molar-refractivity contribution in [2.45, 2.75) is 39.8 Å². The number of benzene rings is 1. The van der Waals surface area contributed by atoms with Gasteiger partial charge in [0, 0.05) is 12.1 Å². The average Bonchev–Trinajstić information content (AvgIpc) is 2.44. The van der Waals surface area contributed by atoms with Crippen molar-refractivity contribution in [1.29, 1.82) is 5.26 Å². The molecule has 0 spiro atoms. The molecule has 0 heterocycles. The molecule has 114 valence electrons. The fourth-order valence-corrected chi connectivity index (χ4v) is 2.27. The first-order chi connectivity index (χ1) is 10.2. The van der Waals surface area contributed by atoms with E-state index in [1.165, 1.54) is 0 Å². The highest BCUT2D eigenvalue weighted by molar-refractivity contribution is 5.74. The Morgan fingerprint density at radius 3 is 2.32 bits per heavy atom. The summed E-state index contributed by atoms with van der Waals surface area (Å²) >= 11 is 0. The molecule has 2 aromatic carbocycles. The van der Waals surface area contributed by atoms with E-state index in [0.717, 1.165) is 11.1 Å². The molecule has 22 heavy (non-hydrogen) atoms. The van der Waals surface area contributed by atoms with Crippen LogP contribution < -0.4 is 21.5 Å². The number of hydrogen-bond donors (Lipinski definition) is 2. The average molecular weight is 297 g/mol. The van der Waals surface area contributed by atoms with Crippen molar-refractivity contribution in [3.8, 4) is 6.07 Å². The van der Waals surface area contributed by atoms with Crippen LogP contribution in [0.4, 0.5) is 11.4 Å². The molecule has 0 radical (unpaired) electrons. The molecule has 0 aliphatic carbocycles. The Kier molecular flexibility index (Phi) is 4.05. The minimum atomic E-state index is -0.500. The van der Waals surface area contributed by atoms with E-state index in [2.05, 4.69) is 16.7 Å². The molecule has 0 bridgehead atoms. The topological polar surface area (TPSA) is 82.0 Å². The second-order valence-corrected chi connectivity index (χ2v) is 6.46. The zero-order chi connectivity index (χ0) is 16.5. The normalized spacial score (nSPS) is 11.2. The van der Waals surface area contributed by atoms with Crippen LogP contribution in [0.5, 0.6) is 0 Å². The van der Waals surface area contributed by atoms with E-state index in [1.807, 2.05) is 33.8 Å². The monoisotopic (exact) mass is 297 g/mol. The molecular weight excluding hydrogens is 278 g/mol. The van der Waals surface area contributed by atoms with Crippen LogP contribution in [0.1, 0.15) is 37.5 Å². The summed E-state index contributed by atoms with van der Waals surface area (Å²) in [6, 6.07) is 7.61. The van der Waals surface area contributed by atoms with Crippen LogP contribution in [-0.2, 0) is 6.54 Å². The Balaban J connectivity index is 2.18. The number of aryl methyl sites for hydroxylation is 1. The molecule has 0 aliphatic heterocycles. The summed E-state index contributed by atoms with van der Waals surface area (Å²) < 4.78 is 0. The third-order valence-electron chi connectivity index (χ3n) is 3.15. The molecule has 5 heteroatoms. The summed E-state index contributed by atoms with van der Waals surface area (Å²) in [5.74, 6) is 0. The van der Waals surface area contributed by atoms with Gasteiger partial charge in [-0.25, -0.2) is 0 Å². The first-order valence-electron chi connectivity index (χ1n) is 7.07. The Hall–Kier alpha value is -2.61. The lowest BCUT2D eigenvalue weighted by Crippen LogP contribution is -2.41. The molecule has 0 atom stereocenters. The van der Waals surface area contributed by atoms with Crippen LogP contribution >= 0.6 is 0 Å². The predicted molar refractivity (Wildman–Crippen MR) is 88.0 cm³/mol. The van der Waals surface area contributed by atoms with E-state index in [0.29, 0.717) is 23.5 Å². The first-order valence-corrected chi connectivity index (χ1v) is 7.07. The number of hydrogen-bond acceptors (Lipinski definition) is 5. The van der Waals surface area contributed by atoms with E-state index >= 15 is 0 Å². The van der Waals surface area contributed by atoms with Gasteiger partial charge < -0.3 is 10.6 Å². The highest BCUT2D eigenvalue weighted by Gasteiger charge is 2.24. The molecule has 2 aromatic rings. The molecule has 0 aromatic heterocycles. The number of nitrogens with zero attached hydrogens (tertiary/aromatic N) is 1. The van der Waals surface area contributed by atoms with Gasteiger partial charge in [-0.05, 0) is 51.0 Å². The minimum absolute atomic E-state index is 0.296. The third-order valence-corrected chi connectivity index (χ3v) is 3.15. The van der Waals surface area contributed by atoms with Crippen molar-refractivity contribution in [2.75, 3.05) is 10.6 Å². The highest BCUT2D eigenvalue weighted by atomic mass is 16.2. The van der Waals surface area contributed by atoms with Gasteiger partial charge in [-0.1, -0.05) is 6.07 Å². The number of rotatable bonds is 4. The fourth-order valence-electron chi connectivity index (χ4n) is 2.27. The summed E-state index contributed by atoms with van der Waals surface area (Å²) in [6.07, 6.45) is 0. The largest absolute Gasteiger partial charge is 0.376 e. The third kappa shape index (κ3) is 3.34. The van der Waals surface area contributed by atoms with Crippen molar-refractivity contribution < 1.29 is 0 Å². The van der Waals surface area contributed by atoms with Crippen molar-refractivity contribution in [3.63, 3.8) is 0 Å². The molecule has 0 unspecified atom stereocenters. The lowest BCUT2D eigenvalue weighted by Gasteiger charge is -2.24. The molecule has 0 fully saturated rings. The highest BCUT2D eigenvalue weighted by Crippen LogP contribution is 2.20. The zero-order valence-corrected chi connectivity index (χ0v) is 13.2. The lowest BCUT2D eigenvalue weighted by atomic mass is 10.0. The summed E-state index contributed by atoms with van der Waals surface area (Å²) in [4.78, 5) is 23.4. The Morgan fingerprint density at radius 1 is 1.09 bits per heavy atom. The minimum Gasteiger partial charge on any atom is -0.376 e. The van der Waals surface area contributed by atoms with Crippen molar-refractivity contribution >= 4 is 11.4 Å².